The van der Waals surface area contributed by atoms with E-state index in [-0.39, 0.29) is 12.1 Å². The molecule has 84 valence electrons. The Balaban J connectivity index is 2.26. The molecule has 2 N–H and O–H groups in total. The van der Waals surface area contributed by atoms with Crippen LogP contribution < -0.4 is 5.32 Å². The van der Waals surface area contributed by atoms with Gasteiger partial charge in [0.1, 0.15) is 0 Å². The lowest BCUT2D eigenvalue weighted by molar-refractivity contribution is 0.142. The number of rotatable bonds is 3. The van der Waals surface area contributed by atoms with E-state index >= 15 is 0 Å². The molecule has 14 heavy (non-hydrogen) atoms. The van der Waals surface area contributed by atoms with Crippen LogP contribution in [0.3, 0.4) is 0 Å². The SMILES string of the molecule is CC(O)C(C)NC1CCCCCCC1. The van der Waals surface area contributed by atoms with Gasteiger partial charge in [0, 0.05) is 12.1 Å². The van der Waals surface area contributed by atoms with Crippen LogP contribution in [0.25, 0.3) is 0 Å². The Bertz CT molecular complexity index is 139. The van der Waals surface area contributed by atoms with Crippen molar-refractivity contribution < 1.29 is 5.11 Å². The Hall–Kier alpha value is -0.0800. The van der Waals surface area contributed by atoms with Gasteiger partial charge in [-0.1, -0.05) is 32.1 Å². The molecule has 0 aromatic rings. The highest BCUT2D eigenvalue weighted by Crippen LogP contribution is 2.17. The number of nitrogens with one attached hydrogen (secondary N) is 1. The third-order valence-electron chi connectivity index (χ3n) is 3.33. The second-order valence-electron chi connectivity index (χ2n) is 4.74. The Morgan fingerprint density at radius 1 is 1.00 bits per heavy atom. The van der Waals surface area contributed by atoms with Crippen molar-refractivity contribution in [2.75, 3.05) is 0 Å². The summed E-state index contributed by atoms with van der Waals surface area (Å²) in [5.41, 5.74) is 0. The Labute approximate surface area is 88.1 Å². The number of aliphatic hydroxyl groups excluding tert-OH is 1. The molecule has 0 aromatic heterocycles. The third-order valence-corrected chi connectivity index (χ3v) is 3.33. The van der Waals surface area contributed by atoms with Crippen LogP contribution in [0.15, 0.2) is 0 Å². The van der Waals surface area contributed by atoms with Crippen molar-refractivity contribution in [2.45, 2.75) is 77.0 Å². The zero-order chi connectivity index (χ0) is 10.4. The summed E-state index contributed by atoms with van der Waals surface area (Å²) in [7, 11) is 0. The summed E-state index contributed by atoms with van der Waals surface area (Å²) in [6.45, 7) is 3.93. The Kier molecular flexibility index (Phi) is 5.49. The van der Waals surface area contributed by atoms with Gasteiger partial charge in [0.25, 0.3) is 0 Å². The fourth-order valence-corrected chi connectivity index (χ4v) is 2.13. The number of hydrogen-bond acceptors (Lipinski definition) is 2. The topological polar surface area (TPSA) is 32.3 Å². The summed E-state index contributed by atoms with van der Waals surface area (Å²) in [6, 6.07) is 0.874. The smallest absolute Gasteiger partial charge is 0.0662 e. The summed E-state index contributed by atoms with van der Waals surface area (Å²) in [4.78, 5) is 0. The largest absolute Gasteiger partial charge is 0.392 e. The molecule has 1 fully saturated rings. The van der Waals surface area contributed by atoms with Gasteiger partial charge in [0.05, 0.1) is 6.10 Å². The molecule has 2 unspecified atom stereocenters. The van der Waals surface area contributed by atoms with Gasteiger partial charge in [0.2, 0.25) is 0 Å². The average molecular weight is 199 g/mol. The first-order valence-corrected chi connectivity index (χ1v) is 6.14. The monoisotopic (exact) mass is 199 g/mol. The van der Waals surface area contributed by atoms with Crippen molar-refractivity contribution in [2.24, 2.45) is 0 Å². The molecular weight excluding hydrogens is 174 g/mol. The molecule has 1 saturated carbocycles. The van der Waals surface area contributed by atoms with Gasteiger partial charge in [-0.2, -0.15) is 0 Å². The van der Waals surface area contributed by atoms with E-state index in [1.54, 1.807) is 0 Å². The van der Waals surface area contributed by atoms with Gasteiger partial charge < -0.3 is 10.4 Å². The highest BCUT2D eigenvalue weighted by Gasteiger charge is 2.15. The van der Waals surface area contributed by atoms with E-state index in [1.165, 1.54) is 44.9 Å². The molecule has 2 nitrogen and oxygen atoms in total. The molecule has 0 aliphatic heterocycles. The van der Waals surface area contributed by atoms with Crippen LogP contribution in [0.5, 0.6) is 0 Å². The van der Waals surface area contributed by atoms with Crippen LogP contribution in [-0.4, -0.2) is 23.3 Å². The predicted octanol–water partition coefficient (Wildman–Crippen LogP) is 2.46. The van der Waals surface area contributed by atoms with Crippen LogP contribution in [0, 0.1) is 0 Å². The maximum absolute atomic E-state index is 9.41. The second-order valence-corrected chi connectivity index (χ2v) is 4.74. The zero-order valence-corrected chi connectivity index (χ0v) is 9.63. The van der Waals surface area contributed by atoms with Crippen LogP contribution in [0.2, 0.25) is 0 Å². The molecule has 2 heteroatoms. The van der Waals surface area contributed by atoms with Crippen molar-refractivity contribution in [1.82, 2.24) is 5.32 Å². The van der Waals surface area contributed by atoms with E-state index in [0.717, 1.165) is 0 Å². The van der Waals surface area contributed by atoms with Crippen molar-refractivity contribution in [1.29, 1.82) is 0 Å². The first-order chi connectivity index (χ1) is 6.70. The van der Waals surface area contributed by atoms with Crippen LogP contribution in [0.4, 0.5) is 0 Å². The molecule has 0 heterocycles. The minimum atomic E-state index is -0.236. The minimum absolute atomic E-state index is 0.236. The van der Waals surface area contributed by atoms with Crippen LogP contribution in [0.1, 0.15) is 58.8 Å². The lowest BCUT2D eigenvalue weighted by Gasteiger charge is -2.26. The lowest BCUT2D eigenvalue weighted by Crippen LogP contribution is -2.42. The summed E-state index contributed by atoms with van der Waals surface area (Å²) in [6.07, 6.45) is 9.24. The highest BCUT2D eigenvalue weighted by molar-refractivity contribution is 4.75. The third kappa shape index (κ3) is 4.43. The number of aliphatic hydroxyl groups is 1. The Morgan fingerprint density at radius 3 is 2.00 bits per heavy atom. The molecule has 1 aliphatic rings. The normalized spacial score (nSPS) is 25.1. The van der Waals surface area contributed by atoms with Crippen LogP contribution >= 0.6 is 0 Å². The highest BCUT2D eigenvalue weighted by atomic mass is 16.3. The first kappa shape index (κ1) is 12.0. The fourth-order valence-electron chi connectivity index (χ4n) is 2.13. The van der Waals surface area contributed by atoms with E-state index in [0.29, 0.717) is 6.04 Å². The van der Waals surface area contributed by atoms with Crippen molar-refractivity contribution in [3.8, 4) is 0 Å². The van der Waals surface area contributed by atoms with Crippen molar-refractivity contribution in [3.05, 3.63) is 0 Å². The quantitative estimate of drug-likeness (QED) is 0.732. The predicted molar refractivity (Wildman–Crippen MR) is 60.4 cm³/mol. The summed E-state index contributed by atoms with van der Waals surface area (Å²) >= 11 is 0. The Morgan fingerprint density at radius 2 is 1.50 bits per heavy atom. The van der Waals surface area contributed by atoms with E-state index < -0.39 is 0 Å². The molecular formula is C12H25NO. The van der Waals surface area contributed by atoms with E-state index in [1.807, 2.05) is 6.92 Å². The van der Waals surface area contributed by atoms with Crippen molar-refractivity contribution in [3.63, 3.8) is 0 Å². The average Bonchev–Trinajstić information content (AvgIpc) is 2.08. The van der Waals surface area contributed by atoms with Crippen LogP contribution in [-0.2, 0) is 0 Å². The number of hydrogen-bond donors (Lipinski definition) is 2. The molecule has 2 atom stereocenters. The maximum Gasteiger partial charge on any atom is 0.0662 e. The first-order valence-electron chi connectivity index (χ1n) is 6.14. The molecule has 0 spiro atoms. The minimum Gasteiger partial charge on any atom is -0.392 e. The fraction of sp³-hybridized carbons (Fsp3) is 1.00. The molecule has 0 radical (unpaired) electrons. The van der Waals surface area contributed by atoms with E-state index in [2.05, 4.69) is 12.2 Å². The lowest BCUT2D eigenvalue weighted by atomic mass is 9.96. The second kappa shape index (κ2) is 6.41. The molecule has 0 saturated heterocycles. The summed E-state index contributed by atoms with van der Waals surface area (Å²) in [5, 5.41) is 13.0. The molecule has 1 rings (SSSR count). The van der Waals surface area contributed by atoms with Gasteiger partial charge in [-0.05, 0) is 26.7 Å². The standard InChI is InChI=1S/C12H25NO/c1-10(11(2)14)13-12-8-6-4-3-5-7-9-12/h10-14H,3-9H2,1-2H3. The van der Waals surface area contributed by atoms with Gasteiger partial charge in [-0.15, -0.1) is 0 Å². The van der Waals surface area contributed by atoms with Gasteiger partial charge in [0.15, 0.2) is 0 Å². The van der Waals surface area contributed by atoms with E-state index in [4.69, 9.17) is 0 Å². The maximum atomic E-state index is 9.41. The molecule has 1 aliphatic carbocycles. The summed E-state index contributed by atoms with van der Waals surface area (Å²) < 4.78 is 0. The van der Waals surface area contributed by atoms with Gasteiger partial charge >= 0.3 is 0 Å². The van der Waals surface area contributed by atoms with Crippen molar-refractivity contribution >= 4 is 0 Å². The van der Waals surface area contributed by atoms with Gasteiger partial charge in [-0.3, -0.25) is 0 Å². The zero-order valence-electron chi connectivity index (χ0n) is 9.63. The molecule has 0 bridgehead atoms. The molecule has 0 amide bonds. The molecule has 0 aromatic carbocycles. The van der Waals surface area contributed by atoms with E-state index in [9.17, 15) is 5.11 Å². The van der Waals surface area contributed by atoms with Gasteiger partial charge in [-0.25, -0.2) is 0 Å². The summed E-state index contributed by atoms with van der Waals surface area (Å²) in [5.74, 6) is 0.